The third kappa shape index (κ3) is 5.24. The van der Waals surface area contributed by atoms with Gasteiger partial charge in [0.15, 0.2) is 11.5 Å². The minimum absolute atomic E-state index is 0. The summed E-state index contributed by atoms with van der Waals surface area (Å²) in [6, 6.07) is 4.81. The zero-order valence-corrected chi connectivity index (χ0v) is 16.3. The molecular formula is C18H26ClN3O5. The quantitative estimate of drug-likeness (QED) is 0.769. The van der Waals surface area contributed by atoms with Crippen LogP contribution in [0.1, 0.15) is 13.8 Å². The summed E-state index contributed by atoms with van der Waals surface area (Å²) in [5.41, 5.74) is 0.607. The second-order valence-electron chi connectivity index (χ2n) is 6.27. The lowest BCUT2D eigenvalue weighted by atomic mass is 10.1. The number of rotatable bonds is 5. The predicted molar refractivity (Wildman–Crippen MR) is 103 cm³/mol. The minimum Gasteiger partial charge on any atom is -0.486 e. The van der Waals surface area contributed by atoms with Gasteiger partial charge in [0.05, 0.1) is 19.3 Å². The van der Waals surface area contributed by atoms with Crippen molar-refractivity contribution < 1.29 is 23.8 Å². The molecule has 0 bridgehead atoms. The lowest BCUT2D eigenvalue weighted by molar-refractivity contribution is -0.141. The summed E-state index contributed by atoms with van der Waals surface area (Å²) in [5.74, 6) is 0.880. The van der Waals surface area contributed by atoms with Crippen molar-refractivity contribution in [2.75, 3.05) is 44.8 Å². The third-order valence-electron chi connectivity index (χ3n) is 4.44. The van der Waals surface area contributed by atoms with Gasteiger partial charge in [0, 0.05) is 24.8 Å². The van der Waals surface area contributed by atoms with E-state index in [0.29, 0.717) is 50.1 Å². The number of nitrogens with one attached hydrogen (secondary N) is 2. The zero-order chi connectivity index (χ0) is 18.5. The molecular weight excluding hydrogens is 374 g/mol. The number of morpholine rings is 1. The number of benzene rings is 1. The Bertz CT molecular complexity index is 672. The number of hydrogen-bond acceptors (Lipinski definition) is 6. The lowest BCUT2D eigenvalue weighted by Crippen LogP contribution is -2.57. The summed E-state index contributed by atoms with van der Waals surface area (Å²) in [6.07, 6.45) is -0.217. The van der Waals surface area contributed by atoms with Crippen LogP contribution in [-0.4, -0.2) is 68.3 Å². The number of hydrogen-bond donors (Lipinski definition) is 2. The normalized spacial score (nSPS) is 21.0. The van der Waals surface area contributed by atoms with Gasteiger partial charge in [-0.1, -0.05) is 0 Å². The van der Waals surface area contributed by atoms with E-state index in [1.807, 2.05) is 13.8 Å². The molecule has 2 N–H and O–H groups in total. The molecule has 0 aliphatic carbocycles. The largest absolute Gasteiger partial charge is 0.486 e. The maximum Gasteiger partial charge on any atom is 0.243 e. The van der Waals surface area contributed by atoms with E-state index < -0.39 is 6.04 Å². The predicted octanol–water partition coefficient (Wildman–Crippen LogP) is 1.04. The fourth-order valence-corrected chi connectivity index (χ4v) is 3.05. The molecule has 0 saturated carbocycles. The number of halogens is 1. The first-order valence-corrected chi connectivity index (χ1v) is 8.91. The van der Waals surface area contributed by atoms with Gasteiger partial charge in [-0.2, -0.15) is 0 Å². The summed E-state index contributed by atoms with van der Waals surface area (Å²) < 4.78 is 16.5. The van der Waals surface area contributed by atoms with Gasteiger partial charge in [0.1, 0.15) is 19.3 Å². The molecule has 2 aliphatic rings. The molecule has 27 heavy (non-hydrogen) atoms. The van der Waals surface area contributed by atoms with E-state index in [2.05, 4.69) is 10.6 Å². The van der Waals surface area contributed by atoms with E-state index in [1.54, 1.807) is 18.2 Å². The number of ether oxygens (including phenoxy) is 3. The Morgan fingerprint density at radius 1 is 1.22 bits per heavy atom. The van der Waals surface area contributed by atoms with Crippen LogP contribution in [0.25, 0.3) is 0 Å². The topological polar surface area (TPSA) is 89.1 Å². The number of anilines is 1. The van der Waals surface area contributed by atoms with Crippen LogP contribution in [0.2, 0.25) is 0 Å². The van der Waals surface area contributed by atoms with Crippen LogP contribution < -0.4 is 20.1 Å². The summed E-state index contributed by atoms with van der Waals surface area (Å²) in [6.45, 7) is 6.35. The maximum absolute atomic E-state index is 12.7. The third-order valence-corrected chi connectivity index (χ3v) is 4.44. The Morgan fingerprint density at radius 3 is 2.67 bits per heavy atom. The van der Waals surface area contributed by atoms with E-state index in [4.69, 9.17) is 14.2 Å². The van der Waals surface area contributed by atoms with Crippen LogP contribution in [0.4, 0.5) is 5.69 Å². The Balaban J connectivity index is 0.00000261. The van der Waals surface area contributed by atoms with Crippen LogP contribution >= 0.6 is 12.4 Å². The van der Waals surface area contributed by atoms with Crippen molar-refractivity contribution in [1.82, 2.24) is 10.2 Å². The van der Waals surface area contributed by atoms with E-state index in [1.165, 1.54) is 4.90 Å². The highest BCUT2D eigenvalue weighted by molar-refractivity contribution is 5.95. The molecule has 2 aliphatic heterocycles. The first-order chi connectivity index (χ1) is 12.6. The summed E-state index contributed by atoms with van der Waals surface area (Å²) in [4.78, 5) is 26.6. The van der Waals surface area contributed by atoms with Gasteiger partial charge < -0.3 is 29.7 Å². The van der Waals surface area contributed by atoms with Gasteiger partial charge >= 0.3 is 0 Å². The Hall–Kier alpha value is -2.03. The van der Waals surface area contributed by atoms with Crippen LogP contribution in [0, 0.1) is 0 Å². The molecule has 2 heterocycles. The minimum atomic E-state index is -0.425. The number of nitrogens with zero attached hydrogens (tertiary/aromatic N) is 1. The molecule has 1 aromatic carbocycles. The van der Waals surface area contributed by atoms with E-state index >= 15 is 0 Å². The van der Waals surface area contributed by atoms with Gasteiger partial charge in [0.2, 0.25) is 11.8 Å². The first-order valence-electron chi connectivity index (χ1n) is 8.91. The molecule has 0 spiro atoms. The molecule has 1 fully saturated rings. The average molecular weight is 400 g/mol. The Morgan fingerprint density at radius 2 is 1.96 bits per heavy atom. The first kappa shape index (κ1) is 21.3. The Labute approximate surface area is 164 Å². The van der Waals surface area contributed by atoms with Crippen LogP contribution in [0.3, 0.4) is 0 Å². The maximum atomic E-state index is 12.7. The van der Waals surface area contributed by atoms with Gasteiger partial charge in [-0.3, -0.25) is 9.59 Å². The van der Waals surface area contributed by atoms with Crippen molar-refractivity contribution in [1.29, 1.82) is 0 Å². The van der Waals surface area contributed by atoms with Gasteiger partial charge in [-0.05, 0) is 26.0 Å². The van der Waals surface area contributed by atoms with E-state index in [0.717, 1.165) is 0 Å². The van der Waals surface area contributed by atoms with Gasteiger partial charge in [-0.15, -0.1) is 12.4 Å². The molecule has 9 heteroatoms. The highest BCUT2D eigenvalue weighted by atomic mass is 35.5. The van der Waals surface area contributed by atoms with Crippen LogP contribution in [0.15, 0.2) is 18.2 Å². The number of amides is 2. The molecule has 1 aromatic rings. The number of carbonyl (C=O) groups excluding carboxylic acids is 2. The smallest absolute Gasteiger partial charge is 0.243 e. The fraction of sp³-hybridized carbons (Fsp3) is 0.556. The second kappa shape index (κ2) is 9.77. The van der Waals surface area contributed by atoms with Crippen molar-refractivity contribution in [3.05, 3.63) is 18.2 Å². The van der Waals surface area contributed by atoms with Crippen LogP contribution in [-0.2, 0) is 14.3 Å². The monoisotopic (exact) mass is 399 g/mol. The van der Waals surface area contributed by atoms with Crippen molar-refractivity contribution in [3.63, 3.8) is 0 Å². The van der Waals surface area contributed by atoms with Crippen molar-refractivity contribution in [2.24, 2.45) is 0 Å². The van der Waals surface area contributed by atoms with Crippen molar-refractivity contribution in [2.45, 2.75) is 26.0 Å². The van der Waals surface area contributed by atoms with Crippen molar-refractivity contribution in [3.8, 4) is 11.5 Å². The van der Waals surface area contributed by atoms with Gasteiger partial charge in [-0.25, -0.2) is 0 Å². The zero-order valence-electron chi connectivity index (χ0n) is 15.5. The molecule has 2 amide bonds. The number of likely N-dealkylation sites (N-methyl/N-ethyl adjacent to an activating group) is 1. The van der Waals surface area contributed by atoms with Crippen LogP contribution in [0.5, 0.6) is 11.5 Å². The number of fused-ring (bicyclic) bond motifs is 1. The summed E-state index contributed by atoms with van der Waals surface area (Å²) >= 11 is 0. The standard InChI is InChI=1S/C18H25N3O5.ClH/c1-3-21(18(23)17-12(2)24-7-6-19-17)11-16(22)20-13-4-5-14-15(10-13)26-9-8-25-14;/h4-5,10,12,17,19H,3,6-9,11H2,1-2H3,(H,20,22);1H/t12-,17+;/m1./s1. The molecule has 3 rings (SSSR count). The number of carbonyl (C=O) groups is 2. The molecule has 2 atom stereocenters. The average Bonchev–Trinajstić information content (AvgIpc) is 2.66. The van der Waals surface area contributed by atoms with Gasteiger partial charge in [0.25, 0.3) is 0 Å². The summed E-state index contributed by atoms with van der Waals surface area (Å²) in [5, 5.41) is 5.97. The second-order valence-corrected chi connectivity index (χ2v) is 6.27. The molecule has 0 aromatic heterocycles. The molecule has 0 radical (unpaired) electrons. The van der Waals surface area contributed by atoms with Crippen molar-refractivity contribution >= 4 is 29.9 Å². The molecule has 0 unspecified atom stereocenters. The fourth-order valence-electron chi connectivity index (χ4n) is 3.05. The Kier molecular flexibility index (Phi) is 7.70. The molecule has 150 valence electrons. The van der Waals surface area contributed by atoms with E-state index in [-0.39, 0.29) is 36.9 Å². The molecule has 8 nitrogen and oxygen atoms in total. The highest BCUT2D eigenvalue weighted by Crippen LogP contribution is 2.32. The lowest BCUT2D eigenvalue weighted by Gasteiger charge is -2.33. The summed E-state index contributed by atoms with van der Waals surface area (Å²) in [7, 11) is 0. The highest BCUT2D eigenvalue weighted by Gasteiger charge is 2.32. The van der Waals surface area contributed by atoms with E-state index in [9.17, 15) is 9.59 Å². The molecule has 1 saturated heterocycles. The SMILES string of the molecule is CCN(CC(=O)Nc1ccc2c(c1)OCCO2)C(=O)[C@H]1NCCO[C@@H]1C.Cl.